The van der Waals surface area contributed by atoms with Crippen molar-refractivity contribution >= 4 is 22.6 Å². The fraction of sp³-hybridized carbons (Fsp3) is 0.222. The summed E-state index contributed by atoms with van der Waals surface area (Å²) in [5, 5.41) is 7.68. The predicted octanol–water partition coefficient (Wildman–Crippen LogP) is 3.33. The van der Waals surface area contributed by atoms with Gasteiger partial charge in [-0.2, -0.15) is 0 Å². The second-order valence-corrected chi connectivity index (χ2v) is 5.42. The number of nitrogens with zero attached hydrogens (tertiary/aromatic N) is 1. The Morgan fingerprint density at radius 3 is 2.75 bits per heavy atom. The average molecular weight is 326 g/mol. The third kappa shape index (κ3) is 3.17. The molecule has 0 spiro atoms. The van der Waals surface area contributed by atoms with Crippen LogP contribution in [0.4, 0.5) is 5.69 Å². The summed E-state index contributed by atoms with van der Waals surface area (Å²) >= 11 is 0. The van der Waals surface area contributed by atoms with Crippen molar-refractivity contribution in [3.63, 3.8) is 0 Å². The summed E-state index contributed by atoms with van der Waals surface area (Å²) in [6, 6.07) is 11.0. The van der Waals surface area contributed by atoms with Gasteiger partial charge in [0.15, 0.2) is 5.58 Å². The van der Waals surface area contributed by atoms with Crippen LogP contribution < -0.4 is 14.8 Å². The molecular formula is C18H18N2O4. The van der Waals surface area contributed by atoms with E-state index >= 15 is 0 Å². The highest BCUT2D eigenvalue weighted by atomic mass is 16.5. The first-order valence-corrected chi connectivity index (χ1v) is 7.47. The summed E-state index contributed by atoms with van der Waals surface area (Å²) in [4.78, 5) is 12.4. The van der Waals surface area contributed by atoms with Crippen LogP contribution >= 0.6 is 0 Å². The summed E-state index contributed by atoms with van der Waals surface area (Å²) < 4.78 is 15.7. The van der Waals surface area contributed by atoms with Crippen LogP contribution in [-0.4, -0.2) is 25.3 Å². The van der Waals surface area contributed by atoms with Gasteiger partial charge in [-0.25, -0.2) is 0 Å². The number of ether oxygens (including phenoxy) is 2. The molecule has 0 aliphatic rings. The largest absolute Gasteiger partial charge is 0.497 e. The van der Waals surface area contributed by atoms with Crippen molar-refractivity contribution in [3.8, 4) is 11.5 Å². The quantitative estimate of drug-likeness (QED) is 0.778. The molecule has 2 aromatic carbocycles. The lowest BCUT2D eigenvalue weighted by Gasteiger charge is -2.11. The van der Waals surface area contributed by atoms with Gasteiger partial charge in [-0.3, -0.25) is 4.79 Å². The molecule has 24 heavy (non-hydrogen) atoms. The lowest BCUT2D eigenvalue weighted by atomic mass is 10.1. The van der Waals surface area contributed by atoms with Gasteiger partial charge in [0.25, 0.3) is 0 Å². The van der Waals surface area contributed by atoms with E-state index in [1.807, 2.05) is 25.1 Å². The van der Waals surface area contributed by atoms with E-state index in [1.165, 1.54) is 0 Å². The number of benzene rings is 2. The van der Waals surface area contributed by atoms with Crippen LogP contribution in [0.15, 0.2) is 40.9 Å². The van der Waals surface area contributed by atoms with Crippen LogP contribution in [0.1, 0.15) is 11.3 Å². The fourth-order valence-corrected chi connectivity index (χ4v) is 2.48. The zero-order chi connectivity index (χ0) is 17.1. The maximum Gasteiger partial charge on any atom is 0.230 e. The van der Waals surface area contributed by atoms with Crippen molar-refractivity contribution in [3.05, 3.63) is 47.7 Å². The molecule has 0 radical (unpaired) electrons. The van der Waals surface area contributed by atoms with Crippen molar-refractivity contribution in [1.82, 2.24) is 5.16 Å². The molecule has 0 bridgehead atoms. The van der Waals surface area contributed by atoms with Crippen LogP contribution in [-0.2, 0) is 11.2 Å². The number of amides is 1. The first-order valence-electron chi connectivity index (χ1n) is 7.47. The zero-order valence-corrected chi connectivity index (χ0v) is 13.8. The monoisotopic (exact) mass is 326 g/mol. The number of anilines is 1. The number of rotatable bonds is 5. The molecule has 0 aliphatic heterocycles. The summed E-state index contributed by atoms with van der Waals surface area (Å²) in [6.45, 7) is 1.98. The summed E-state index contributed by atoms with van der Waals surface area (Å²) in [5.74, 6) is 0.988. The van der Waals surface area contributed by atoms with Gasteiger partial charge in [-0.15, -0.1) is 0 Å². The molecule has 3 rings (SSSR count). The maximum atomic E-state index is 12.4. The number of aryl methyl sites for hydroxylation is 1. The number of aromatic nitrogens is 1. The molecule has 0 fully saturated rings. The van der Waals surface area contributed by atoms with Gasteiger partial charge < -0.3 is 19.3 Å². The first-order chi connectivity index (χ1) is 11.6. The summed E-state index contributed by atoms with van der Waals surface area (Å²) in [5.41, 5.74) is 2.94. The molecule has 1 N–H and O–H groups in total. The second kappa shape index (κ2) is 6.62. The van der Waals surface area contributed by atoms with Crippen molar-refractivity contribution in [2.75, 3.05) is 19.5 Å². The van der Waals surface area contributed by atoms with Crippen molar-refractivity contribution in [2.24, 2.45) is 0 Å². The molecule has 0 saturated heterocycles. The Hall–Kier alpha value is -3.02. The van der Waals surface area contributed by atoms with E-state index in [-0.39, 0.29) is 12.3 Å². The van der Waals surface area contributed by atoms with Gasteiger partial charge in [0.2, 0.25) is 5.91 Å². The third-order valence-electron chi connectivity index (χ3n) is 3.71. The average Bonchev–Trinajstić information content (AvgIpc) is 2.97. The first kappa shape index (κ1) is 15.9. The zero-order valence-electron chi connectivity index (χ0n) is 13.8. The molecule has 3 aromatic rings. The van der Waals surface area contributed by atoms with E-state index in [0.29, 0.717) is 28.5 Å². The number of hydrogen-bond acceptors (Lipinski definition) is 5. The highest BCUT2D eigenvalue weighted by Crippen LogP contribution is 2.29. The number of hydrogen-bond donors (Lipinski definition) is 1. The lowest BCUT2D eigenvalue weighted by Crippen LogP contribution is -2.15. The Morgan fingerprint density at radius 2 is 2.00 bits per heavy atom. The highest BCUT2D eigenvalue weighted by Gasteiger charge is 2.14. The Kier molecular flexibility index (Phi) is 4.37. The van der Waals surface area contributed by atoms with E-state index in [2.05, 4.69) is 10.5 Å². The van der Waals surface area contributed by atoms with Gasteiger partial charge in [-0.1, -0.05) is 16.8 Å². The van der Waals surface area contributed by atoms with Crippen LogP contribution in [0.25, 0.3) is 11.0 Å². The topological polar surface area (TPSA) is 73.6 Å². The molecule has 0 saturated carbocycles. The Morgan fingerprint density at radius 1 is 1.17 bits per heavy atom. The Bertz CT molecular complexity index is 886. The molecule has 6 heteroatoms. The van der Waals surface area contributed by atoms with Gasteiger partial charge in [-0.05, 0) is 31.2 Å². The molecule has 0 atom stereocenters. The van der Waals surface area contributed by atoms with Gasteiger partial charge in [0.1, 0.15) is 17.2 Å². The predicted molar refractivity (Wildman–Crippen MR) is 90.6 cm³/mol. The van der Waals surface area contributed by atoms with E-state index in [9.17, 15) is 4.79 Å². The maximum absolute atomic E-state index is 12.4. The highest BCUT2D eigenvalue weighted by molar-refractivity contribution is 5.96. The Balaban J connectivity index is 1.79. The van der Waals surface area contributed by atoms with Crippen molar-refractivity contribution in [1.29, 1.82) is 0 Å². The van der Waals surface area contributed by atoms with Crippen molar-refractivity contribution in [2.45, 2.75) is 13.3 Å². The smallest absolute Gasteiger partial charge is 0.230 e. The number of carbonyl (C=O) groups excluding carboxylic acids is 1. The molecule has 1 amide bonds. The third-order valence-corrected chi connectivity index (χ3v) is 3.71. The van der Waals surface area contributed by atoms with Crippen LogP contribution in [0, 0.1) is 6.92 Å². The van der Waals surface area contributed by atoms with Gasteiger partial charge >= 0.3 is 0 Å². The van der Waals surface area contributed by atoms with E-state index in [1.54, 1.807) is 32.4 Å². The van der Waals surface area contributed by atoms with Gasteiger partial charge in [0, 0.05) is 11.5 Å². The van der Waals surface area contributed by atoms with Gasteiger partial charge in [0.05, 0.1) is 26.3 Å². The fourth-order valence-electron chi connectivity index (χ4n) is 2.48. The minimum atomic E-state index is -0.199. The SMILES string of the molecule is COc1ccc(NC(=O)Cc2noc3ccc(C)cc23)c(OC)c1. The summed E-state index contributed by atoms with van der Waals surface area (Å²) in [7, 11) is 3.11. The van der Waals surface area contributed by atoms with E-state index < -0.39 is 0 Å². The summed E-state index contributed by atoms with van der Waals surface area (Å²) in [6.07, 6.45) is 0.117. The molecule has 1 aromatic heterocycles. The standard InChI is InChI=1S/C18H18N2O4/c1-11-4-7-16-13(8-11)15(20-24-16)10-18(21)19-14-6-5-12(22-2)9-17(14)23-3/h4-9H,10H2,1-3H3,(H,19,21). The number of fused-ring (bicyclic) bond motifs is 1. The minimum Gasteiger partial charge on any atom is -0.497 e. The molecule has 0 aliphatic carbocycles. The van der Waals surface area contributed by atoms with Crippen LogP contribution in [0.2, 0.25) is 0 Å². The van der Waals surface area contributed by atoms with Crippen LogP contribution in [0.3, 0.4) is 0 Å². The second-order valence-electron chi connectivity index (χ2n) is 5.42. The number of methoxy groups -OCH3 is 2. The number of nitrogens with one attached hydrogen (secondary N) is 1. The van der Waals surface area contributed by atoms with Crippen molar-refractivity contribution < 1.29 is 18.8 Å². The molecular weight excluding hydrogens is 308 g/mol. The normalized spacial score (nSPS) is 10.6. The van der Waals surface area contributed by atoms with E-state index in [4.69, 9.17) is 14.0 Å². The molecule has 1 heterocycles. The molecule has 124 valence electrons. The molecule has 6 nitrogen and oxygen atoms in total. The van der Waals surface area contributed by atoms with Crippen LogP contribution in [0.5, 0.6) is 11.5 Å². The van der Waals surface area contributed by atoms with E-state index in [0.717, 1.165) is 10.9 Å². The Labute approximate surface area is 139 Å². The minimum absolute atomic E-state index is 0.117. The lowest BCUT2D eigenvalue weighted by molar-refractivity contribution is -0.115. The number of carbonyl (C=O) groups is 1. The molecule has 0 unspecified atom stereocenters.